The minimum atomic E-state index is -0.00462. The Morgan fingerprint density at radius 3 is 1.17 bits per heavy atom. The van der Waals surface area contributed by atoms with Crippen LogP contribution in [0.5, 0.6) is 0 Å². The first-order valence-electron chi connectivity index (χ1n) is 21.2. The molecule has 0 amide bonds. The molecule has 60 heavy (non-hydrogen) atoms. The number of hydrogen-bond donors (Lipinski definition) is 0. The van der Waals surface area contributed by atoms with E-state index in [-0.39, 0.29) is 13.4 Å². The highest BCUT2D eigenvalue weighted by Gasteiger charge is 2.48. The lowest BCUT2D eigenvalue weighted by atomic mass is 9.33. The van der Waals surface area contributed by atoms with Crippen LogP contribution in [0.25, 0.3) is 43.9 Å². The lowest BCUT2D eigenvalue weighted by Crippen LogP contribution is -2.62. The van der Waals surface area contributed by atoms with Crippen molar-refractivity contribution in [1.82, 2.24) is 0 Å². The molecule has 0 atom stereocenters. The number of rotatable bonds is 2. The molecule has 284 valence electrons. The number of nitrogens with zero attached hydrogens (tertiary/aromatic N) is 2. The molecule has 0 bridgehead atoms. The first-order valence-corrected chi connectivity index (χ1v) is 21.2. The normalized spacial score (nSPS) is 13.7. The van der Waals surface area contributed by atoms with Gasteiger partial charge in [-0.2, -0.15) is 0 Å². The van der Waals surface area contributed by atoms with Crippen molar-refractivity contribution in [3.63, 3.8) is 0 Å². The fourth-order valence-electron chi connectivity index (χ4n) is 11.9. The molecule has 0 aliphatic carbocycles. The quantitative estimate of drug-likeness (QED) is 0.164. The fraction of sp³-hybridized carbons (Fsp3) is 0.111. The molecular formula is C54H40B2N2O2. The van der Waals surface area contributed by atoms with E-state index in [1.807, 2.05) is 0 Å². The largest absolute Gasteiger partial charge is 0.456 e. The van der Waals surface area contributed by atoms with Crippen molar-refractivity contribution in [1.29, 1.82) is 0 Å². The Labute approximate surface area is 349 Å². The van der Waals surface area contributed by atoms with E-state index in [4.69, 9.17) is 8.83 Å². The Hall–Kier alpha value is -6.91. The van der Waals surface area contributed by atoms with Crippen LogP contribution in [0.4, 0.5) is 34.1 Å². The minimum absolute atomic E-state index is 0.00462. The monoisotopic (exact) mass is 770 g/mol. The van der Waals surface area contributed by atoms with Crippen molar-refractivity contribution in [2.45, 2.75) is 41.5 Å². The van der Waals surface area contributed by atoms with E-state index in [2.05, 4.69) is 185 Å². The summed E-state index contributed by atoms with van der Waals surface area (Å²) >= 11 is 0. The Morgan fingerprint density at radius 2 is 0.750 bits per heavy atom. The summed E-state index contributed by atoms with van der Waals surface area (Å²) in [4.78, 5) is 5.22. The highest BCUT2D eigenvalue weighted by molar-refractivity contribution is 7.00. The molecule has 0 radical (unpaired) electrons. The van der Waals surface area contributed by atoms with E-state index >= 15 is 0 Å². The topological polar surface area (TPSA) is 32.8 Å². The predicted octanol–water partition coefficient (Wildman–Crippen LogP) is 10.2. The summed E-state index contributed by atoms with van der Waals surface area (Å²) in [5, 5.41) is 4.58. The molecule has 5 heterocycles. The zero-order valence-corrected chi connectivity index (χ0v) is 34.6. The Balaban J connectivity index is 1.22. The minimum Gasteiger partial charge on any atom is -0.456 e. The molecule has 0 spiro atoms. The van der Waals surface area contributed by atoms with Crippen LogP contribution in [0.1, 0.15) is 33.4 Å². The third-order valence-corrected chi connectivity index (χ3v) is 13.9. The van der Waals surface area contributed by atoms with E-state index in [0.29, 0.717) is 0 Å². The van der Waals surface area contributed by atoms with Gasteiger partial charge in [0.2, 0.25) is 13.4 Å². The Kier molecular flexibility index (Phi) is 6.72. The number of aryl methyl sites for hydroxylation is 6. The van der Waals surface area contributed by atoms with Crippen LogP contribution in [-0.4, -0.2) is 13.4 Å². The number of furan rings is 2. The van der Waals surface area contributed by atoms with Crippen molar-refractivity contribution in [3.05, 3.63) is 167 Å². The van der Waals surface area contributed by atoms with Crippen molar-refractivity contribution >= 4 is 124 Å². The molecule has 0 saturated heterocycles. The van der Waals surface area contributed by atoms with Gasteiger partial charge < -0.3 is 18.6 Å². The van der Waals surface area contributed by atoms with Gasteiger partial charge in [-0.15, -0.1) is 0 Å². The van der Waals surface area contributed by atoms with E-state index < -0.39 is 0 Å². The lowest BCUT2D eigenvalue weighted by molar-refractivity contribution is 0.668. The SMILES string of the molecule is Cc1cc(C)c(B2c3cccc4c3N(c3cccc5c3N4c3c(ccc4oc6ccccc6c34)B5c3c(C)cc(C)cc3C)c3c2ccc2oc4ccccc4c32)c(C)c1. The summed E-state index contributed by atoms with van der Waals surface area (Å²) in [6.45, 7) is 13.6. The van der Waals surface area contributed by atoms with Crippen molar-refractivity contribution in [2.24, 2.45) is 0 Å². The first-order chi connectivity index (χ1) is 29.3. The molecule has 3 aliphatic heterocycles. The van der Waals surface area contributed by atoms with Gasteiger partial charge in [-0.25, -0.2) is 0 Å². The van der Waals surface area contributed by atoms with Gasteiger partial charge in [0.05, 0.1) is 44.9 Å². The Bertz CT molecular complexity index is 3280. The van der Waals surface area contributed by atoms with Crippen molar-refractivity contribution in [2.75, 3.05) is 9.80 Å². The standard InChI is InChI=1S/C54H40B2N2O2/c1-29-25-31(3)49(32(4)26-29)55-37-15-11-17-41-51(37)57(53-39(55)21-23-45-47(53)35-13-7-9-19-43(35)59-45)42-18-12-16-38-52(42)58(41)54-40(56(38)50-33(5)27-30(2)28-34(50)6)22-24-46-48(54)36-14-8-10-20-44(36)60-46/h7-28H,1-6H3. The van der Waals surface area contributed by atoms with E-state index in [0.717, 1.165) is 43.9 Å². The maximum absolute atomic E-state index is 6.71. The van der Waals surface area contributed by atoms with Gasteiger partial charge in [0.1, 0.15) is 22.3 Å². The van der Waals surface area contributed by atoms with Crippen LogP contribution in [0.3, 0.4) is 0 Å². The molecule has 0 N–H and O–H groups in total. The molecular weight excluding hydrogens is 730 g/mol. The molecule has 8 aromatic carbocycles. The summed E-state index contributed by atoms with van der Waals surface area (Å²) < 4.78 is 13.4. The van der Waals surface area contributed by atoms with E-state index in [1.54, 1.807) is 0 Å². The van der Waals surface area contributed by atoms with E-state index in [1.165, 1.54) is 100 Å². The van der Waals surface area contributed by atoms with Crippen molar-refractivity contribution in [3.8, 4) is 0 Å². The van der Waals surface area contributed by atoms with Gasteiger partial charge in [0.25, 0.3) is 0 Å². The maximum Gasteiger partial charge on any atom is 0.247 e. The average Bonchev–Trinajstić information content (AvgIpc) is 3.81. The number of hydrogen-bond acceptors (Lipinski definition) is 4. The maximum atomic E-state index is 6.71. The smallest absolute Gasteiger partial charge is 0.247 e. The summed E-state index contributed by atoms with van der Waals surface area (Å²) in [5.41, 5.74) is 26.5. The van der Waals surface area contributed by atoms with Gasteiger partial charge in [0, 0.05) is 10.8 Å². The second-order valence-corrected chi connectivity index (χ2v) is 17.5. The van der Waals surface area contributed by atoms with Gasteiger partial charge >= 0.3 is 0 Å². The highest BCUT2D eigenvalue weighted by atomic mass is 16.3. The van der Waals surface area contributed by atoms with Gasteiger partial charge in [-0.3, -0.25) is 0 Å². The second kappa shape index (κ2) is 11.9. The van der Waals surface area contributed by atoms with Crippen molar-refractivity contribution < 1.29 is 8.83 Å². The molecule has 6 heteroatoms. The number of benzene rings is 8. The molecule has 13 rings (SSSR count). The summed E-state index contributed by atoms with van der Waals surface area (Å²) in [6, 6.07) is 49.7. The molecule has 0 saturated carbocycles. The average molecular weight is 771 g/mol. The predicted molar refractivity (Wildman–Crippen MR) is 255 cm³/mol. The highest BCUT2D eigenvalue weighted by Crippen LogP contribution is 2.57. The van der Waals surface area contributed by atoms with Crippen LogP contribution in [0, 0.1) is 41.5 Å². The van der Waals surface area contributed by atoms with Crippen LogP contribution < -0.4 is 42.6 Å². The zero-order valence-electron chi connectivity index (χ0n) is 34.6. The summed E-state index contributed by atoms with van der Waals surface area (Å²) in [6.07, 6.45) is 0. The first kappa shape index (κ1) is 34.0. The number of anilines is 6. The molecule has 2 aromatic heterocycles. The van der Waals surface area contributed by atoms with Crippen LogP contribution in [0.15, 0.2) is 142 Å². The summed E-state index contributed by atoms with van der Waals surface area (Å²) in [5.74, 6) is 0. The van der Waals surface area contributed by atoms with Gasteiger partial charge in [-0.05, 0) is 99.8 Å². The van der Waals surface area contributed by atoms with E-state index in [9.17, 15) is 0 Å². The summed E-state index contributed by atoms with van der Waals surface area (Å²) in [7, 11) is 0. The van der Waals surface area contributed by atoms with Crippen LogP contribution >= 0.6 is 0 Å². The number of para-hydroxylation sites is 4. The van der Waals surface area contributed by atoms with Gasteiger partial charge in [-0.1, -0.05) is 141 Å². The molecule has 0 fully saturated rings. The molecule has 10 aromatic rings. The molecule has 3 aliphatic rings. The second-order valence-electron chi connectivity index (χ2n) is 17.5. The fourth-order valence-corrected chi connectivity index (χ4v) is 11.9. The molecule has 4 nitrogen and oxygen atoms in total. The van der Waals surface area contributed by atoms with Crippen LogP contribution in [0.2, 0.25) is 0 Å². The van der Waals surface area contributed by atoms with Crippen LogP contribution in [-0.2, 0) is 0 Å². The third kappa shape index (κ3) is 4.28. The van der Waals surface area contributed by atoms with Gasteiger partial charge in [0.15, 0.2) is 0 Å². The lowest BCUT2D eigenvalue weighted by Gasteiger charge is -2.49. The number of fused-ring (bicyclic) bond motifs is 14. The molecule has 0 unspecified atom stereocenters. The zero-order chi connectivity index (χ0) is 40.3. The Morgan fingerprint density at radius 1 is 0.367 bits per heavy atom. The third-order valence-electron chi connectivity index (χ3n) is 13.9.